The molecular formula is C8H17NOS. The number of hydrogen-bond acceptors (Lipinski definition) is 3. The molecule has 2 nitrogen and oxygen atoms in total. The predicted molar refractivity (Wildman–Crippen MR) is 49.9 cm³/mol. The van der Waals surface area contributed by atoms with Gasteiger partial charge < -0.3 is 5.11 Å². The zero-order chi connectivity index (χ0) is 8.43. The quantitative estimate of drug-likeness (QED) is 0.583. The van der Waals surface area contributed by atoms with Gasteiger partial charge >= 0.3 is 0 Å². The van der Waals surface area contributed by atoms with Crippen LogP contribution in [0.1, 0.15) is 26.7 Å². The van der Waals surface area contributed by atoms with Gasteiger partial charge in [-0.15, -0.1) is 0 Å². The molecule has 66 valence electrons. The number of likely N-dealkylation sites (tertiary alicyclic amines) is 1. The van der Waals surface area contributed by atoms with E-state index in [9.17, 15) is 5.11 Å². The van der Waals surface area contributed by atoms with E-state index in [0.717, 1.165) is 19.4 Å². The van der Waals surface area contributed by atoms with Gasteiger partial charge in [0.15, 0.2) is 0 Å². The Morgan fingerprint density at radius 1 is 1.64 bits per heavy atom. The highest BCUT2D eigenvalue weighted by Gasteiger charge is 2.25. The Kier molecular flexibility index (Phi) is 3.22. The average Bonchev–Trinajstić information content (AvgIpc) is 1.85. The molecule has 2 unspecified atom stereocenters. The summed E-state index contributed by atoms with van der Waals surface area (Å²) in [5, 5.41) is 9.64. The third-order valence-electron chi connectivity index (χ3n) is 2.38. The maximum atomic E-state index is 9.33. The van der Waals surface area contributed by atoms with Crippen LogP contribution in [-0.2, 0) is 0 Å². The topological polar surface area (TPSA) is 23.5 Å². The fraction of sp³-hybridized carbons (Fsp3) is 1.00. The van der Waals surface area contributed by atoms with E-state index in [1.165, 1.54) is 0 Å². The first-order valence-electron chi connectivity index (χ1n) is 4.23. The summed E-state index contributed by atoms with van der Waals surface area (Å²) >= 11 is 4.37. The SMILES string of the molecule is CC(S)N1CCC(O)C[C@@H]1C. The number of aliphatic hydroxyl groups is 1. The minimum atomic E-state index is -0.0895. The summed E-state index contributed by atoms with van der Waals surface area (Å²) < 4.78 is 0. The molecule has 0 aromatic heterocycles. The monoisotopic (exact) mass is 175 g/mol. The number of nitrogens with zero attached hydrogens (tertiary/aromatic N) is 1. The zero-order valence-corrected chi connectivity index (χ0v) is 8.09. The average molecular weight is 175 g/mol. The molecule has 1 rings (SSSR count). The summed E-state index contributed by atoms with van der Waals surface area (Å²) in [6, 6.07) is 0.478. The van der Waals surface area contributed by atoms with Gasteiger partial charge in [0.05, 0.1) is 11.5 Å². The Hall–Kier alpha value is 0.270. The molecule has 0 saturated carbocycles. The van der Waals surface area contributed by atoms with Crippen LogP contribution in [0.5, 0.6) is 0 Å². The second-order valence-electron chi connectivity index (χ2n) is 3.40. The van der Waals surface area contributed by atoms with Crippen LogP contribution in [0.25, 0.3) is 0 Å². The maximum absolute atomic E-state index is 9.33. The number of rotatable bonds is 1. The van der Waals surface area contributed by atoms with Gasteiger partial charge in [-0.3, -0.25) is 4.90 Å². The smallest absolute Gasteiger partial charge is 0.0567 e. The van der Waals surface area contributed by atoms with Gasteiger partial charge in [-0.2, -0.15) is 12.6 Å². The molecule has 1 aliphatic rings. The van der Waals surface area contributed by atoms with Crippen molar-refractivity contribution in [3.63, 3.8) is 0 Å². The first-order chi connectivity index (χ1) is 5.11. The molecule has 3 atom stereocenters. The van der Waals surface area contributed by atoms with E-state index in [2.05, 4.69) is 31.4 Å². The second kappa shape index (κ2) is 3.78. The molecule has 0 bridgehead atoms. The summed E-state index contributed by atoms with van der Waals surface area (Å²) in [6.45, 7) is 5.21. The van der Waals surface area contributed by atoms with E-state index >= 15 is 0 Å². The predicted octanol–water partition coefficient (Wildman–Crippen LogP) is 1.11. The minimum absolute atomic E-state index is 0.0895. The normalized spacial score (nSPS) is 37.1. The second-order valence-corrected chi connectivity index (χ2v) is 4.14. The number of hydrogen-bond donors (Lipinski definition) is 2. The van der Waals surface area contributed by atoms with Crippen molar-refractivity contribution in [1.82, 2.24) is 4.90 Å². The van der Waals surface area contributed by atoms with Gasteiger partial charge in [-0.1, -0.05) is 0 Å². The molecule has 0 aromatic rings. The van der Waals surface area contributed by atoms with Crippen molar-refractivity contribution in [3.8, 4) is 0 Å². The van der Waals surface area contributed by atoms with Crippen molar-refractivity contribution < 1.29 is 5.11 Å². The Balaban J connectivity index is 2.44. The van der Waals surface area contributed by atoms with Gasteiger partial charge in [0.25, 0.3) is 0 Å². The van der Waals surface area contributed by atoms with Gasteiger partial charge in [0, 0.05) is 12.6 Å². The Morgan fingerprint density at radius 3 is 2.73 bits per heavy atom. The summed E-state index contributed by atoms with van der Waals surface area (Å²) in [5.41, 5.74) is 0. The number of thiol groups is 1. The molecule has 1 fully saturated rings. The van der Waals surface area contributed by atoms with Crippen LogP contribution in [0.2, 0.25) is 0 Å². The first-order valence-corrected chi connectivity index (χ1v) is 4.74. The molecule has 1 heterocycles. The van der Waals surface area contributed by atoms with E-state index in [0.29, 0.717) is 11.4 Å². The Morgan fingerprint density at radius 2 is 2.27 bits per heavy atom. The lowest BCUT2D eigenvalue weighted by atomic mass is 10.0. The molecule has 3 heteroatoms. The summed E-state index contributed by atoms with van der Waals surface area (Å²) in [6.07, 6.45) is 1.70. The van der Waals surface area contributed by atoms with Gasteiger partial charge in [-0.25, -0.2) is 0 Å². The van der Waals surface area contributed by atoms with Crippen molar-refractivity contribution in [3.05, 3.63) is 0 Å². The Labute approximate surface area is 74.0 Å². The first kappa shape index (κ1) is 9.36. The van der Waals surface area contributed by atoms with E-state index in [1.54, 1.807) is 0 Å². The standard InChI is InChI=1S/C8H17NOS/c1-6-5-8(10)3-4-9(6)7(2)11/h6-8,10-11H,3-5H2,1-2H3/t6-,7?,8?/m0/s1. The number of piperidine rings is 1. The lowest BCUT2D eigenvalue weighted by Crippen LogP contribution is -2.45. The van der Waals surface area contributed by atoms with E-state index in [4.69, 9.17) is 0 Å². The fourth-order valence-corrected chi connectivity index (χ4v) is 2.06. The third-order valence-corrected chi connectivity index (χ3v) is 2.68. The minimum Gasteiger partial charge on any atom is -0.393 e. The molecule has 0 amide bonds. The Bertz CT molecular complexity index is 129. The molecule has 1 aliphatic heterocycles. The summed E-state index contributed by atoms with van der Waals surface area (Å²) in [4.78, 5) is 2.32. The molecule has 0 aromatic carbocycles. The largest absolute Gasteiger partial charge is 0.393 e. The van der Waals surface area contributed by atoms with Crippen LogP contribution in [0, 0.1) is 0 Å². The van der Waals surface area contributed by atoms with Crippen molar-refractivity contribution in [2.45, 2.75) is 44.2 Å². The highest BCUT2D eigenvalue weighted by Crippen LogP contribution is 2.20. The van der Waals surface area contributed by atoms with Crippen LogP contribution in [-0.4, -0.2) is 34.1 Å². The summed E-state index contributed by atoms with van der Waals surface area (Å²) in [5.74, 6) is 0. The van der Waals surface area contributed by atoms with E-state index in [1.807, 2.05) is 0 Å². The maximum Gasteiger partial charge on any atom is 0.0567 e. The molecule has 1 saturated heterocycles. The van der Waals surface area contributed by atoms with Crippen molar-refractivity contribution in [2.24, 2.45) is 0 Å². The van der Waals surface area contributed by atoms with E-state index < -0.39 is 0 Å². The van der Waals surface area contributed by atoms with Crippen LogP contribution in [0.4, 0.5) is 0 Å². The molecule has 1 N–H and O–H groups in total. The van der Waals surface area contributed by atoms with Crippen molar-refractivity contribution in [1.29, 1.82) is 0 Å². The highest BCUT2D eigenvalue weighted by molar-refractivity contribution is 7.80. The summed E-state index contributed by atoms with van der Waals surface area (Å²) in [7, 11) is 0. The fourth-order valence-electron chi connectivity index (χ4n) is 1.72. The van der Waals surface area contributed by atoms with Crippen LogP contribution >= 0.6 is 12.6 Å². The lowest BCUT2D eigenvalue weighted by Gasteiger charge is -2.37. The highest BCUT2D eigenvalue weighted by atomic mass is 32.1. The van der Waals surface area contributed by atoms with Gasteiger partial charge in [0.2, 0.25) is 0 Å². The van der Waals surface area contributed by atoms with E-state index in [-0.39, 0.29) is 6.10 Å². The lowest BCUT2D eigenvalue weighted by molar-refractivity contribution is 0.0457. The molecule has 0 radical (unpaired) electrons. The molecule has 0 aliphatic carbocycles. The molecule has 11 heavy (non-hydrogen) atoms. The van der Waals surface area contributed by atoms with Crippen LogP contribution in [0.3, 0.4) is 0 Å². The molecule has 0 spiro atoms. The molecular weight excluding hydrogens is 158 g/mol. The van der Waals surface area contributed by atoms with Gasteiger partial charge in [-0.05, 0) is 26.7 Å². The van der Waals surface area contributed by atoms with Crippen LogP contribution < -0.4 is 0 Å². The van der Waals surface area contributed by atoms with Crippen molar-refractivity contribution in [2.75, 3.05) is 6.54 Å². The van der Waals surface area contributed by atoms with Gasteiger partial charge in [0.1, 0.15) is 0 Å². The number of aliphatic hydroxyl groups excluding tert-OH is 1. The third kappa shape index (κ3) is 2.36. The van der Waals surface area contributed by atoms with Crippen molar-refractivity contribution >= 4 is 12.6 Å². The van der Waals surface area contributed by atoms with Crippen LogP contribution in [0.15, 0.2) is 0 Å². The zero-order valence-electron chi connectivity index (χ0n) is 7.20.